The molecule has 206 valence electrons. The maximum Gasteiger partial charge on any atom is 0.419 e. The van der Waals surface area contributed by atoms with Crippen LogP contribution in [-0.2, 0) is 22.3 Å². The molecule has 1 fully saturated rings. The van der Waals surface area contributed by atoms with Gasteiger partial charge in [0.05, 0.1) is 24.3 Å². The van der Waals surface area contributed by atoms with E-state index in [1.807, 2.05) is 0 Å². The maximum atomic E-state index is 13.4. The number of alkyl halides is 3. The molecule has 8 nitrogen and oxygen atoms in total. The molecular weight excluding hydrogens is 501 g/mol. The summed E-state index contributed by atoms with van der Waals surface area (Å²) in [4.78, 5) is 27.8. The first kappa shape index (κ1) is 27.7. The van der Waals surface area contributed by atoms with Gasteiger partial charge in [-0.2, -0.15) is 18.3 Å². The lowest BCUT2D eigenvalue weighted by atomic mass is 9.84. The van der Waals surface area contributed by atoms with Crippen molar-refractivity contribution < 1.29 is 32.6 Å². The summed E-state index contributed by atoms with van der Waals surface area (Å²) in [5, 5.41) is 17.1. The number of aromatic nitrogens is 2. The average Bonchev–Trinajstić information content (AvgIpc) is 3.41. The Labute approximate surface area is 219 Å². The predicted molar refractivity (Wildman–Crippen MR) is 134 cm³/mol. The maximum absolute atomic E-state index is 13.4. The Morgan fingerprint density at radius 1 is 1.18 bits per heavy atom. The number of ether oxygens (including phenoxy) is 1. The van der Waals surface area contributed by atoms with Crippen LogP contribution in [0.1, 0.15) is 57.9 Å². The number of amides is 2. The number of nitrogens with one attached hydrogen (secondary N) is 1. The number of aliphatic hydroxyl groups is 1. The average molecular weight is 535 g/mol. The molecule has 2 heterocycles. The van der Waals surface area contributed by atoms with Crippen molar-refractivity contribution in [2.45, 2.75) is 76.7 Å². The van der Waals surface area contributed by atoms with Crippen LogP contribution in [-0.4, -0.2) is 49.8 Å². The number of nitrogens with zero attached hydrogens (tertiary/aromatic N) is 3. The van der Waals surface area contributed by atoms with E-state index >= 15 is 0 Å². The van der Waals surface area contributed by atoms with Crippen LogP contribution in [0.15, 0.2) is 48.4 Å². The van der Waals surface area contributed by atoms with Crippen molar-refractivity contribution in [2.75, 3.05) is 11.9 Å². The van der Waals surface area contributed by atoms with E-state index in [-0.39, 0.29) is 30.6 Å². The van der Waals surface area contributed by atoms with Crippen LogP contribution in [0.25, 0.3) is 0 Å². The van der Waals surface area contributed by atoms with Crippen LogP contribution in [0.4, 0.5) is 19.0 Å². The highest BCUT2D eigenvalue weighted by Gasteiger charge is 2.38. The van der Waals surface area contributed by atoms with Crippen molar-refractivity contribution in [3.05, 3.63) is 53.9 Å². The molecule has 11 heteroatoms. The number of para-hydroxylation sites is 1. The number of halogens is 3. The lowest BCUT2D eigenvalue weighted by Crippen LogP contribution is -2.46. The van der Waals surface area contributed by atoms with Crippen molar-refractivity contribution >= 4 is 17.6 Å². The Morgan fingerprint density at radius 3 is 2.58 bits per heavy atom. The molecule has 1 atom stereocenters. The molecule has 2 aromatic rings. The molecule has 1 saturated carbocycles. The second-order valence-electron chi connectivity index (χ2n) is 10.6. The fourth-order valence-electron chi connectivity index (χ4n) is 5.01. The third-order valence-corrected chi connectivity index (χ3v) is 6.73. The van der Waals surface area contributed by atoms with Crippen molar-refractivity contribution in [1.29, 1.82) is 0 Å². The summed E-state index contributed by atoms with van der Waals surface area (Å²) in [7, 11) is 0. The number of benzene rings is 1. The number of hydrogen-bond acceptors (Lipinski definition) is 5. The van der Waals surface area contributed by atoms with Gasteiger partial charge >= 0.3 is 6.18 Å². The van der Waals surface area contributed by atoms with Crippen LogP contribution in [0.5, 0.6) is 5.75 Å². The third-order valence-electron chi connectivity index (χ3n) is 6.73. The Kier molecular flexibility index (Phi) is 8.15. The second-order valence-corrected chi connectivity index (χ2v) is 10.6. The fourth-order valence-corrected chi connectivity index (χ4v) is 5.01. The van der Waals surface area contributed by atoms with Gasteiger partial charge in [0.15, 0.2) is 5.82 Å². The van der Waals surface area contributed by atoms with Gasteiger partial charge in [-0.1, -0.05) is 44.2 Å². The minimum atomic E-state index is -4.61. The molecule has 1 aliphatic heterocycles. The van der Waals surface area contributed by atoms with Gasteiger partial charge < -0.3 is 20.1 Å². The number of anilines is 1. The van der Waals surface area contributed by atoms with Gasteiger partial charge in [-0.25, -0.2) is 0 Å². The molecule has 0 radical (unpaired) electrons. The highest BCUT2D eigenvalue weighted by molar-refractivity contribution is 5.99. The van der Waals surface area contributed by atoms with E-state index in [1.165, 1.54) is 27.8 Å². The van der Waals surface area contributed by atoms with Crippen LogP contribution >= 0.6 is 0 Å². The zero-order valence-corrected chi connectivity index (χ0v) is 21.5. The van der Waals surface area contributed by atoms with Gasteiger partial charge in [0.1, 0.15) is 17.6 Å². The summed E-state index contributed by atoms with van der Waals surface area (Å²) in [6.07, 6.45) is 3.73. The van der Waals surface area contributed by atoms with Crippen LogP contribution < -0.4 is 10.1 Å². The SMILES string of the molecule is CC(C)(O)Cn1ccc(NC(=O)[C@H](CC2CCCCC2)N2CC(Oc3ccccc3C(F)(F)F)=CC2=O)n1. The van der Waals surface area contributed by atoms with Gasteiger partial charge in [0.25, 0.3) is 5.91 Å². The predicted octanol–water partition coefficient (Wildman–Crippen LogP) is 4.76. The van der Waals surface area contributed by atoms with E-state index in [9.17, 15) is 27.9 Å². The van der Waals surface area contributed by atoms with Crippen molar-refractivity contribution in [1.82, 2.24) is 14.7 Å². The molecule has 2 N–H and O–H groups in total. The zero-order valence-electron chi connectivity index (χ0n) is 21.5. The van der Waals surface area contributed by atoms with E-state index < -0.39 is 40.9 Å². The third kappa shape index (κ3) is 7.15. The lowest BCUT2D eigenvalue weighted by Gasteiger charge is -2.31. The molecular formula is C27H33F3N4O4. The fraction of sp³-hybridized carbons (Fsp3) is 0.519. The summed E-state index contributed by atoms with van der Waals surface area (Å²) < 4.78 is 47.3. The molecule has 4 rings (SSSR count). The quantitative estimate of drug-likeness (QED) is 0.484. The summed E-state index contributed by atoms with van der Waals surface area (Å²) in [5.74, 6) is -0.746. The van der Waals surface area contributed by atoms with E-state index in [2.05, 4.69) is 10.4 Å². The van der Waals surface area contributed by atoms with E-state index in [1.54, 1.807) is 26.1 Å². The molecule has 2 aliphatic rings. The summed E-state index contributed by atoms with van der Waals surface area (Å²) in [5.41, 5.74) is -1.93. The first-order chi connectivity index (χ1) is 17.9. The Balaban J connectivity index is 1.50. The van der Waals surface area contributed by atoms with Gasteiger partial charge in [-0.15, -0.1) is 0 Å². The lowest BCUT2D eigenvalue weighted by molar-refractivity contribution is -0.138. The van der Waals surface area contributed by atoms with Gasteiger partial charge in [0, 0.05) is 18.3 Å². The second kappa shape index (κ2) is 11.2. The molecule has 0 bridgehead atoms. The normalized spacial score (nSPS) is 17.9. The van der Waals surface area contributed by atoms with E-state index in [0.29, 0.717) is 6.42 Å². The van der Waals surface area contributed by atoms with Crippen molar-refractivity contribution in [3.63, 3.8) is 0 Å². The van der Waals surface area contributed by atoms with Gasteiger partial charge in [-0.05, 0) is 38.3 Å². The molecule has 38 heavy (non-hydrogen) atoms. The van der Waals surface area contributed by atoms with Crippen LogP contribution in [0.2, 0.25) is 0 Å². The first-order valence-electron chi connectivity index (χ1n) is 12.8. The van der Waals surface area contributed by atoms with E-state index in [4.69, 9.17) is 4.74 Å². The van der Waals surface area contributed by atoms with Crippen LogP contribution in [0, 0.1) is 5.92 Å². The molecule has 1 aliphatic carbocycles. The molecule has 0 unspecified atom stereocenters. The summed E-state index contributed by atoms with van der Waals surface area (Å²) in [6.45, 7) is 3.39. The van der Waals surface area contributed by atoms with Gasteiger partial charge in [0.2, 0.25) is 5.91 Å². The largest absolute Gasteiger partial charge is 0.459 e. The highest BCUT2D eigenvalue weighted by atomic mass is 19.4. The summed E-state index contributed by atoms with van der Waals surface area (Å²) in [6, 6.07) is 5.57. The molecule has 1 aromatic carbocycles. The Bertz CT molecular complexity index is 1180. The van der Waals surface area contributed by atoms with E-state index in [0.717, 1.165) is 44.2 Å². The highest BCUT2D eigenvalue weighted by Crippen LogP contribution is 2.37. The van der Waals surface area contributed by atoms with Gasteiger partial charge in [-0.3, -0.25) is 14.3 Å². The zero-order chi connectivity index (χ0) is 27.5. The van der Waals surface area contributed by atoms with Crippen molar-refractivity contribution in [2.24, 2.45) is 5.92 Å². The molecule has 1 aromatic heterocycles. The van der Waals surface area contributed by atoms with Crippen LogP contribution in [0.3, 0.4) is 0 Å². The number of carbonyl (C=O) groups is 2. The minimum Gasteiger partial charge on any atom is -0.459 e. The monoisotopic (exact) mass is 534 g/mol. The number of carbonyl (C=O) groups excluding carboxylic acids is 2. The Morgan fingerprint density at radius 2 is 1.89 bits per heavy atom. The first-order valence-corrected chi connectivity index (χ1v) is 12.8. The number of hydrogen-bond donors (Lipinski definition) is 2. The van der Waals surface area contributed by atoms with Crippen molar-refractivity contribution in [3.8, 4) is 5.75 Å². The standard InChI is InChI=1S/C27H33F3N4O4/c1-26(2,37)17-33-13-12-23(32-33)31-25(36)21(14-18-8-4-3-5-9-18)34-16-19(15-24(34)35)38-22-11-7-6-10-20(22)27(28,29)30/h6-7,10-13,15,18,21,37H,3-5,8-9,14,16-17H2,1-2H3,(H,31,32,36)/t21-/m0/s1. The topological polar surface area (TPSA) is 96.7 Å². The molecule has 0 spiro atoms. The molecule has 2 amide bonds. The number of rotatable bonds is 9. The minimum absolute atomic E-state index is 0.0441. The smallest absolute Gasteiger partial charge is 0.419 e. The molecule has 0 saturated heterocycles. The Hall–Kier alpha value is -3.34. The summed E-state index contributed by atoms with van der Waals surface area (Å²) >= 11 is 0.